The largest absolute Gasteiger partial charge is 0.330 e. The van der Waals surface area contributed by atoms with E-state index in [1.165, 1.54) is 22.6 Å². The number of fused-ring (bicyclic) bond motifs is 1. The molecular formula is C15H24N2S. The zero-order valence-corrected chi connectivity index (χ0v) is 12.2. The van der Waals surface area contributed by atoms with Gasteiger partial charge in [-0.3, -0.25) is 0 Å². The van der Waals surface area contributed by atoms with E-state index in [-0.39, 0.29) is 0 Å². The molecule has 3 N–H and O–H groups in total. The summed E-state index contributed by atoms with van der Waals surface area (Å²) in [6.45, 7) is 6.30. The summed E-state index contributed by atoms with van der Waals surface area (Å²) >= 11 is 1.97. The van der Waals surface area contributed by atoms with Crippen molar-refractivity contribution in [2.75, 3.05) is 18.8 Å². The second-order valence-electron chi connectivity index (χ2n) is 5.38. The van der Waals surface area contributed by atoms with Crippen LogP contribution in [0, 0.1) is 11.8 Å². The second-order valence-corrected chi connectivity index (χ2v) is 6.51. The molecule has 18 heavy (non-hydrogen) atoms. The molecule has 2 atom stereocenters. The van der Waals surface area contributed by atoms with Gasteiger partial charge in [-0.25, -0.2) is 0 Å². The highest BCUT2D eigenvalue weighted by Gasteiger charge is 2.21. The highest BCUT2D eigenvalue weighted by Crippen LogP contribution is 2.35. The number of nitrogens with two attached hydrogens (primary N) is 1. The topological polar surface area (TPSA) is 38.0 Å². The van der Waals surface area contributed by atoms with Gasteiger partial charge in [0.2, 0.25) is 0 Å². The molecule has 1 aromatic carbocycles. The van der Waals surface area contributed by atoms with Gasteiger partial charge in [0.1, 0.15) is 0 Å². The molecule has 0 aromatic heterocycles. The van der Waals surface area contributed by atoms with Crippen LogP contribution in [0.15, 0.2) is 29.2 Å². The lowest BCUT2D eigenvalue weighted by molar-refractivity contribution is 0.346. The van der Waals surface area contributed by atoms with Crippen molar-refractivity contribution in [2.45, 2.75) is 31.2 Å². The van der Waals surface area contributed by atoms with Crippen LogP contribution in [-0.2, 0) is 0 Å². The molecule has 1 aliphatic heterocycles. The Morgan fingerprint density at radius 1 is 1.39 bits per heavy atom. The van der Waals surface area contributed by atoms with Crippen LogP contribution in [0.4, 0.5) is 0 Å². The minimum atomic E-state index is 0.509. The Morgan fingerprint density at radius 2 is 2.17 bits per heavy atom. The number of benzene rings is 1. The standard InChI is InChI=1S/C15H24N2S/c1-11(2)12(9-16)10-17-14-7-8-18-15-6-4-3-5-13(14)15/h3-6,11-12,14,17H,7-10,16H2,1-2H3. The van der Waals surface area contributed by atoms with Crippen LogP contribution >= 0.6 is 11.8 Å². The monoisotopic (exact) mass is 264 g/mol. The predicted octanol–water partition coefficient (Wildman–Crippen LogP) is 3.04. The first-order valence-corrected chi connectivity index (χ1v) is 7.86. The summed E-state index contributed by atoms with van der Waals surface area (Å²) in [6, 6.07) is 9.27. The van der Waals surface area contributed by atoms with E-state index in [4.69, 9.17) is 5.73 Å². The van der Waals surface area contributed by atoms with Crippen LogP contribution in [0.3, 0.4) is 0 Å². The highest BCUT2D eigenvalue weighted by molar-refractivity contribution is 7.99. The van der Waals surface area contributed by atoms with Gasteiger partial charge in [0.05, 0.1) is 0 Å². The van der Waals surface area contributed by atoms with E-state index in [0.29, 0.717) is 17.9 Å². The molecule has 3 heteroatoms. The molecule has 1 heterocycles. The summed E-state index contributed by atoms with van der Waals surface area (Å²) in [6.07, 6.45) is 1.22. The summed E-state index contributed by atoms with van der Waals surface area (Å²) in [5.74, 6) is 2.44. The number of hydrogen-bond donors (Lipinski definition) is 2. The van der Waals surface area contributed by atoms with Crippen molar-refractivity contribution in [3.05, 3.63) is 29.8 Å². The second kappa shape index (κ2) is 6.60. The van der Waals surface area contributed by atoms with Crippen LogP contribution in [0.2, 0.25) is 0 Å². The third-order valence-electron chi connectivity index (χ3n) is 3.83. The molecular weight excluding hydrogens is 240 g/mol. The van der Waals surface area contributed by atoms with Gasteiger partial charge in [-0.2, -0.15) is 0 Å². The van der Waals surface area contributed by atoms with Crippen molar-refractivity contribution in [1.82, 2.24) is 5.32 Å². The van der Waals surface area contributed by atoms with Gasteiger partial charge in [0, 0.05) is 10.9 Å². The van der Waals surface area contributed by atoms with E-state index >= 15 is 0 Å². The Morgan fingerprint density at radius 3 is 2.89 bits per heavy atom. The molecule has 0 saturated carbocycles. The Bertz CT molecular complexity index is 379. The van der Waals surface area contributed by atoms with E-state index in [2.05, 4.69) is 43.4 Å². The normalized spacial score (nSPS) is 20.8. The van der Waals surface area contributed by atoms with E-state index in [0.717, 1.165) is 13.1 Å². The van der Waals surface area contributed by atoms with Gasteiger partial charge in [-0.1, -0.05) is 32.0 Å². The molecule has 100 valence electrons. The average Bonchev–Trinajstić information content (AvgIpc) is 2.39. The highest BCUT2D eigenvalue weighted by atomic mass is 32.2. The summed E-state index contributed by atoms with van der Waals surface area (Å²) in [5.41, 5.74) is 7.31. The number of rotatable bonds is 5. The first-order chi connectivity index (χ1) is 8.72. The molecule has 0 aliphatic carbocycles. The fraction of sp³-hybridized carbons (Fsp3) is 0.600. The van der Waals surface area contributed by atoms with E-state index in [1.807, 2.05) is 11.8 Å². The first kappa shape index (κ1) is 13.9. The van der Waals surface area contributed by atoms with Gasteiger partial charge in [0.25, 0.3) is 0 Å². The molecule has 0 spiro atoms. The minimum absolute atomic E-state index is 0.509. The molecule has 0 saturated heterocycles. The zero-order valence-electron chi connectivity index (χ0n) is 11.4. The van der Waals surface area contributed by atoms with Gasteiger partial charge < -0.3 is 11.1 Å². The molecule has 0 bridgehead atoms. The van der Waals surface area contributed by atoms with Gasteiger partial charge in [-0.05, 0) is 48.7 Å². The maximum atomic E-state index is 5.84. The lowest BCUT2D eigenvalue weighted by atomic mass is 9.95. The van der Waals surface area contributed by atoms with Crippen molar-refractivity contribution in [3.8, 4) is 0 Å². The SMILES string of the molecule is CC(C)C(CN)CNC1CCSc2ccccc21. The van der Waals surface area contributed by atoms with Crippen LogP contribution in [-0.4, -0.2) is 18.8 Å². The summed E-state index contributed by atoms with van der Waals surface area (Å²) in [7, 11) is 0. The van der Waals surface area contributed by atoms with E-state index in [9.17, 15) is 0 Å². The minimum Gasteiger partial charge on any atom is -0.330 e. The van der Waals surface area contributed by atoms with Crippen LogP contribution in [0.5, 0.6) is 0 Å². The van der Waals surface area contributed by atoms with Gasteiger partial charge in [-0.15, -0.1) is 11.8 Å². The lowest BCUT2D eigenvalue weighted by Gasteiger charge is -2.28. The zero-order chi connectivity index (χ0) is 13.0. The predicted molar refractivity (Wildman–Crippen MR) is 79.9 cm³/mol. The Kier molecular flexibility index (Phi) is 5.10. The summed E-state index contributed by atoms with van der Waals surface area (Å²) in [4.78, 5) is 1.44. The molecule has 0 radical (unpaired) electrons. The molecule has 1 aliphatic rings. The van der Waals surface area contributed by atoms with E-state index in [1.54, 1.807) is 0 Å². The molecule has 0 amide bonds. The quantitative estimate of drug-likeness (QED) is 0.858. The van der Waals surface area contributed by atoms with Crippen molar-refractivity contribution >= 4 is 11.8 Å². The number of nitrogens with one attached hydrogen (secondary N) is 1. The maximum absolute atomic E-state index is 5.84. The third-order valence-corrected chi connectivity index (χ3v) is 4.95. The smallest absolute Gasteiger partial charge is 0.0339 e. The summed E-state index contributed by atoms with van der Waals surface area (Å²) in [5, 5.41) is 3.72. The Hall–Kier alpha value is -0.510. The molecule has 2 rings (SSSR count). The maximum Gasteiger partial charge on any atom is 0.0339 e. The van der Waals surface area contributed by atoms with Crippen molar-refractivity contribution < 1.29 is 0 Å². The molecule has 2 nitrogen and oxygen atoms in total. The third kappa shape index (κ3) is 3.28. The van der Waals surface area contributed by atoms with Crippen molar-refractivity contribution in [2.24, 2.45) is 17.6 Å². The number of hydrogen-bond acceptors (Lipinski definition) is 3. The van der Waals surface area contributed by atoms with Gasteiger partial charge >= 0.3 is 0 Å². The first-order valence-electron chi connectivity index (χ1n) is 6.87. The van der Waals surface area contributed by atoms with Gasteiger partial charge in [0.15, 0.2) is 0 Å². The van der Waals surface area contributed by atoms with Crippen molar-refractivity contribution in [1.29, 1.82) is 0 Å². The number of thioether (sulfide) groups is 1. The fourth-order valence-electron chi connectivity index (χ4n) is 2.44. The Labute approximate surface area is 115 Å². The van der Waals surface area contributed by atoms with Crippen LogP contribution < -0.4 is 11.1 Å². The molecule has 2 unspecified atom stereocenters. The van der Waals surface area contributed by atoms with Crippen LogP contribution in [0.25, 0.3) is 0 Å². The molecule has 1 aromatic rings. The molecule has 0 fully saturated rings. The summed E-state index contributed by atoms with van der Waals surface area (Å²) < 4.78 is 0. The van der Waals surface area contributed by atoms with Crippen molar-refractivity contribution in [3.63, 3.8) is 0 Å². The van der Waals surface area contributed by atoms with E-state index < -0.39 is 0 Å². The fourth-order valence-corrected chi connectivity index (χ4v) is 3.56. The lowest BCUT2D eigenvalue weighted by Crippen LogP contribution is -2.35. The average molecular weight is 264 g/mol. The van der Waals surface area contributed by atoms with Crippen LogP contribution in [0.1, 0.15) is 31.9 Å². The Balaban J connectivity index is 1.99.